The number of benzene rings is 2. The van der Waals surface area contributed by atoms with E-state index in [4.69, 9.17) is 26.8 Å². The zero-order valence-electron chi connectivity index (χ0n) is 14.9. The lowest BCUT2D eigenvalue weighted by molar-refractivity contribution is -0.119. The number of hydrogen-bond donors (Lipinski definition) is 2. The second-order valence-corrected chi connectivity index (χ2v) is 7.28. The maximum Gasteiger partial charge on any atom is 0.255 e. The van der Waals surface area contributed by atoms with Crippen LogP contribution in [0.2, 0.25) is 5.02 Å². The van der Waals surface area contributed by atoms with Crippen molar-refractivity contribution in [1.29, 1.82) is 0 Å². The highest BCUT2D eigenvalue weighted by Gasteiger charge is 2.13. The molecule has 0 saturated carbocycles. The second kappa shape index (κ2) is 10.3. The molecule has 0 heterocycles. The lowest BCUT2D eigenvalue weighted by atomic mass is 10.2. The average molecular weight is 395 g/mol. The van der Waals surface area contributed by atoms with Crippen molar-refractivity contribution in [2.45, 2.75) is 18.4 Å². The first-order chi connectivity index (χ1) is 12.5. The van der Waals surface area contributed by atoms with Crippen molar-refractivity contribution >= 4 is 29.3 Å². The number of amides is 1. The number of thioether (sulfide) groups is 1. The van der Waals surface area contributed by atoms with Gasteiger partial charge in [0.05, 0.1) is 12.1 Å². The van der Waals surface area contributed by atoms with Gasteiger partial charge in [-0.25, -0.2) is 0 Å². The van der Waals surface area contributed by atoms with Crippen molar-refractivity contribution in [2.75, 3.05) is 26.0 Å². The smallest absolute Gasteiger partial charge is 0.255 e. The van der Waals surface area contributed by atoms with E-state index in [0.717, 1.165) is 17.9 Å². The molecular weight excluding hydrogens is 372 g/mol. The van der Waals surface area contributed by atoms with E-state index in [9.17, 15) is 4.79 Å². The van der Waals surface area contributed by atoms with Gasteiger partial charge in [0.15, 0.2) is 18.1 Å². The summed E-state index contributed by atoms with van der Waals surface area (Å²) >= 11 is 8.05. The van der Waals surface area contributed by atoms with Crippen LogP contribution < -0.4 is 20.5 Å². The number of rotatable bonds is 10. The van der Waals surface area contributed by atoms with Crippen molar-refractivity contribution in [2.24, 2.45) is 5.73 Å². The molecule has 0 aliphatic heterocycles. The van der Waals surface area contributed by atoms with Gasteiger partial charge in [0, 0.05) is 23.7 Å². The van der Waals surface area contributed by atoms with Gasteiger partial charge < -0.3 is 20.5 Å². The van der Waals surface area contributed by atoms with E-state index in [-0.39, 0.29) is 6.61 Å². The Labute approximate surface area is 163 Å². The Morgan fingerprint density at radius 3 is 2.65 bits per heavy atom. The van der Waals surface area contributed by atoms with E-state index in [1.807, 2.05) is 17.8 Å². The summed E-state index contributed by atoms with van der Waals surface area (Å²) in [6.45, 7) is 3.35. The molecule has 0 radical (unpaired) electrons. The van der Waals surface area contributed by atoms with Gasteiger partial charge in [-0.15, -0.1) is 11.8 Å². The first-order valence-corrected chi connectivity index (χ1v) is 9.53. The van der Waals surface area contributed by atoms with Gasteiger partial charge in [0.25, 0.3) is 5.91 Å². The first kappa shape index (κ1) is 20.4. The Morgan fingerprint density at radius 2 is 2.00 bits per heavy atom. The van der Waals surface area contributed by atoms with E-state index in [0.29, 0.717) is 23.1 Å². The Morgan fingerprint density at radius 1 is 1.27 bits per heavy atom. The third-order valence-electron chi connectivity index (χ3n) is 3.55. The minimum absolute atomic E-state index is 0.246. The molecule has 5 nitrogen and oxygen atoms in total. The highest BCUT2D eigenvalue weighted by molar-refractivity contribution is 7.99. The van der Waals surface area contributed by atoms with Gasteiger partial charge >= 0.3 is 0 Å². The molecular formula is C19H23ClN2O3S. The molecule has 0 atom stereocenters. The third-order valence-corrected chi connectivity index (χ3v) is 4.84. The standard InChI is InChI=1S/C19H23ClN2O3S/c1-13-3-5-15(6-4-13)26-8-7-22-11-14-9-16(20)19(17(10-14)24-2)25-12-18(21)23/h3-6,9-10,22H,7-8,11-12H2,1-2H3,(H2,21,23). The molecule has 0 unspecified atom stereocenters. The maximum absolute atomic E-state index is 10.9. The fraction of sp³-hybridized carbons (Fsp3) is 0.316. The van der Waals surface area contributed by atoms with E-state index < -0.39 is 5.91 Å². The topological polar surface area (TPSA) is 73.6 Å². The van der Waals surface area contributed by atoms with Crippen LogP contribution in [0.4, 0.5) is 0 Å². The van der Waals surface area contributed by atoms with Gasteiger partial charge in [0.2, 0.25) is 0 Å². The summed E-state index contributed by atoms with van der Waals surface area (Å²) in [5.41, 5.74) is 7.33. The molecule has 0 saturated heterocycles. The molecule has 0 aliphatic carbocycles. The molecule has 2 aromatic rings. The summed E-state index contributed by atoms with van der Waals surface area (Å²) in [6.07, 6.45) is 0. The van der Waals surface area contributed by atoms with Crippen LogP contribution in [0, 0.1) is 6.92 Å². The van der Waals surface area contributed by atoms with Crippen LogP contribution in [0.15, 0.2) is 41.3 Å². The second-order valence-electron chi connectivity index (χ2n) is 5.70. The number of methoxy groups -OCH3 is 1. The van der Waals surface area contributed by atoms with Crippen molar-refractivity contribution in [3.05, 3.63) is 52.5 Å². The van der Waals surface area contributed by atoms with Crippen LogP contribution in [0.3, 0.4) is 0 Å². The minimum Gasteiger partial charge on any atom is -0.493 e. The number of nitrogens with two attached hydrogens (primary N) is 1. The summed E-state index contributed by atoms with van der Waals surface area (Å²) < 4.78 is 10.6. The highest BCUT2D eigenvalue weighted by atomic mass is 35.5. The molecule has 1 amide bonds. The van der Waals surface area contributed by atoms with Gasteiger partial charge in [-0.1, -0.05) is 29.3 Å². The molecule has 2 aromatic carbocycles. The summed E-state index contributed by atoms with van der Waals surface area (Å²) in [7, 11) is 1.53. The average Bonchev–Trinajstić information content (AvgIpc) is 2.61. The van der Waals surface area contributed by atoms with Crippen LogP contribution in [-0.4, -0.2) is 31.9 Å². The highest BCUT2D eigenvalue weighted by Crippen LogP contribution is 2.36. The fourth-order valence-corrected chi connectivity index (χ4v) is 3.37. The predicted octanol–water partition coefficient (Wildman–Crippen LogP) is 3.40. The number of aryl methyl sites for hydroxylation is 1. The lowest BCUT2D eigenvalue weighted by Gasteiger charge is -2.13. The molecule has 0 fully saturated rings. The molecule has 0 aliphatic rings. The molecule has 3 N–H and O–H groups in total. The Hall–Kier alpha value is -1.89. The van der Waals surface area contributed by atoms with Gasteiger partial charge in [-0.2, -0.15) is 0 Å². The largest absolute Gasteiger partial charge is 0.493 e. The number of carbonyl (C=O) groups is 1. The van der Waals surface area contributed by atoms with Crippen LogP contribution >= 0.6 is 23.4 Å². The molecule has 0 spiro atoms. The SMILES string of the molecule is COc1cc(CNCCSc2ccc(C)cc2)cc(Cl)c1OCC(N)=O. The Bertz CT molecular complexity index is 738. The number of primary amides is 1. The number of ether oxygens (including phenoxy) is 2. The van der Waals surface area contributed by atoms with Crippen LogP contribution in [0.5, 0.6) is 11.5 Å². The number of carbonyl (C=O) groups excluding carboxylic acids is 1. The van der Waals surface area contributed by atoms with Crippen molar-refractivity contribution < 1.29 is 14.3 Å². The van der Waals surface area contributed by atoms with Crippen molar-refractivity contribution in [3.8, 4) is 11.5 Å². The maximum atomic E-state index is 10.9. The van der Waals surface area contributed by atoms with Crippen molar-refractivity contribution in [3.63, 3.8) is 0 Å². The fourth-order valence-electron chi connectivity index (χ4n) is 2.27. The van der Waals surface area contributed by atoms with Crippen LogP contribution in [0.25, 0.3) is 0 Å². The van der Waals surface area contributed by atoms with Gasteiger partial charge in [0.1, 0.15) is 0 Å². The quantitative estimate of drug-likeness (QED) is 0.477. The van der Waals surface area contributed by atoms with E-state index in [1.54, 1.807) is 6.07 Å². The van der Waals surface area contributed by atoms with E-state index in [1.165, 1.54) is 17.6 Å². The molecule has 7 heteroatoms. The Balaban J connectivity index is 1.84. The third kappa shape index (κ3) is 6.44. The lowest BCUT2D eigenvalue weighted by Crippen LogP contribution is -2.20. The van der Waals surface area contributed by atoms with Crippen molar-refractivity contribution in [1.82, 2.24) is 5.32 Å². The van der Waals surface area contributed by atoms with Crippen LogP contribution in [0.1, 0.15) is 11.1 Å². The van der Waals surface area contributed by atoms with Crippen LogP contribution in [-0.2, 0) is 11.3 Å². The zero-order valence-corrected chi connectivity index (χ0v) is 16.5. The Kier molecular flexibility index (Phi) is 8.09. The predicted molar refractivity (Wildman–Crippen MR) is 106 cm³/mol. The molecule has 0 aromatic heterocycles. The monoisotopic (exact) mass is 394 g/mol. The van der Waals surface area contributed by atoms with Gasteiger partial charge in [-0.05, 0) is 36.8 Å². The van der Waals surface area contributed by atoms with Gasteiger partial charge in [-0.3, -0.25) is 4.79 Å². The molecule has 140 valence electrons. The normalized spacial score (nSPS) is 10.6. The number of nitrogens with one attached hydrogen (secondary N) is 1. The van der Waals surface area contributed by atoms with E-state index in [2.05, 4.69) is 36.5 Å². The first-order valence-electron chi connectivity index (χ1n) is 8.17. The summed E-state index contributed by atoms with van der Waals surface area (Å²) in [6, 6.07) is 12.1. The number of hydrogen-bond acceptors (Lipinski definition) is 5. The summed E-state index contributed by atoms with van der Waals surface area (Å²) in [5, 5.41) is 3.77. The number of halogens is 1. The molecule has 26 heavy (non-hydrogen) atoms. The summed E-state index contributed by atoms with van der Waals surface area (Å²) in [5.74, 6) is 1.20. The molecule has 2 rings (SSSR count). The molecule has 0 bridgehead atoms. The van der Waals surface area contributed by atoms with E-state index >= 15 is 0 Å². The zero-order chi connectivity index (χ0) is 18.9. The minimum atomic E-state index is -0.570. The summed E-state index contributed by atoms with van der Waals surface area (Å²) in [4.78, 5) is 12.1.